The van der Waals surface area contributed by atoms with Crippen molar-refractivity contribution in [2.75, 3.05) is 7.11 Å². The zero-order chi connectivity index (χ0) is 19.2. The Morgan fingerprint density at radius 1 is 1.11 bits per heavy atom. The van der Waals surface area contributed by atoms with Gasteiger partial charge in [0.2, 0.25) is 0 Å². The molecule has 0 saturated heterocycles. The average molecular weight is 387 g/mol. The Kier molecular flexibility index (Phi) is 6.03. The molecule has 0 radical (unpaired) electrons. The number of methoxy groups -OCH3 is 1. The van der Waals surface area contributed by atoms with Crippen molar-refractivity contribution in [1.29, 1.82) is 0 Å². The fraction of sp³-hybridized carbons (Fsp3) is 0.150. The Balaban J connectivity index is 1.59. The van der Waals surface area contributed by atoms with E-state index in [2.05, 4.69) is 5.32 Å². The van der Waals surface area contributed by atoms with E-state index in [4.69, 9.17) is 9.15 Å². The molecule has 1 atom stereocenters. The van der Waals surface area contributed by atoms with Crippen molar-refractivity contribution >= 4 is 16.7 Å². The highest BCUT2D eigenvalue weighted by atomic mass is 32.2. The van der Waals surface area contributed by atoms with Gasteiger partial charge in [-0.15, -0.1) is 0 Å². The van der Waals surface area contributed by atoms with E-state index in [1.54, 1.807) is 55.6 Å². The minimum Gasteiger partial charge on any atom is -0.497 e. The highest BCUT2D eigenvalue weighted by Gasteiger charge is 2.14. The summed E-state index contributed by atoms with van der Waals surface area (Å²) in [5.41, 5.74) is 0.387. The van der Waals surface area contributed by atoms with Gasteiger partial charge in [0.05, 0.1) is 23.7 Å². The largest absolute Gasteiger partial charge is 0.497 e. The predicted octanol–water partition coefficient (Wildman–Crippen LogP) is 3.67. The van der Waals surface area contributed by atoms with E-state index in [1.807, 2.05) is 0 Å². The summed E-state index contributed by atoms with van der Waals surface area (Å²) in [6.45, 7) is 0.0549. The molecule has 3 aromatic rings. The molecular weight excluding hydrogens is 369 g/mol. The third-order valence-electron chi connectivity index (χ3n) is 3.88. The van der Waals surface area contributed by atoms with Gasteiger partial charge in [-0.3, -0.25) is 9.00 Å². The Morgan fingerprint density at radius 2 is 1.85 bits per heavy atom. The van der Waals surface area contributed by atoms with Gasteiger partial charge in [0.15, 0.2) is 5.76 Å². The zero-order valence-electron chi connectivity index (χ0n) is 14.6. The molecule has 0 unspecified atom stereocenters. The standard InChI is InChI=1S/C20H18FNO4S/c1-25-15-6-9-17(10-7-15)27(24)13-16-8-11-19(26-16)20(23)22-12-14-4-2-3-5-18(14)21/h2-11H,12-13H2,1H3,(H,22,23)/t27-/m1/s1. The molecule has 2 aromatic carbocycles. The first-order valence-corrected chi connectivity index (χ1v) is 9.51. The molecule has 0 spiro atoms. The van der Waals surface area contributed by atoms with Crippen molar-refractivity contribution in [1.82, 2.24) is 5.32 Å². The first-order chi connectivity index (χ1) is 13.1. The number of furan rings is 1. The molecule has 3 rings (SSSR count). The lowest BCUT2D eigenvalue weighted by molar-refractivity contribution is 0.0921. The number of hydrogen-bond acceptors (Lipinski definition) is 4. The van der Waals surface area contributed by atoms with Crippen LogP contribution in [0.3, 0.4) is 0 Å². The van der Waals surface area contributed by atoms with Crippen LogP contribution in [0.5, 0.6) is 5.75 Å². The van der Waals surface area contributed by atoms with E-state index in [1.165, 1.54) is 12.1 Å². The van der Waals surface area contributed by atoms with Gasteiger partial charge in [-0.1, -0.05) is 18.2 Å². The molecule has 1 amide bonds. The summed E-state index contributed by atoms with van der Waals surface area (Å²) in [6.07, 6.45) is 0. The van der Waals surface area contributed by atoms with E-state index >= 15 is 0 Å². The number of benzene rings is 2. The van der Waals surface area contributed by atoms with Crippen molar-refractivity contribution in [3.63, 3.8) is 0 Å². The second kappa shape index (κ2) is 8.64. The molecule has 27 heavy (non-hydrogen) atoms. The minimum absolute atomic E-state index is 0.0549. The Labute approximate surface area is 158 Å². The van der Waals surface area contributed by atoms with Gasteiger partial charge in [0.25, 0.3) is 5.91 Å². The molecule has 0 fully saturated rings. The highest BCUT2D eigenvalue weighted by Crippen LogP contribution is 2.18. The van der Waals surface area contributed by atoms with Crippen molar-refractivity contribution in [3.05, 3.63) is 83.6 Å². The molecule has 1 aromatic heterocycles. The summed E-state index contributed by atoms with van der Waals surface area (Å²) in [7, 11) is 0.251. The number of amides is 1. The normalized spacial score (nSPS) is 11.8. The number of carbonyl (C=O) groups is 1. The van der Waals surface area contributed by atoms with Crippen molar-refractivity contribution in [3.8, 4) is 5.75 Å². The van der Waals surface area contributed by atoms with E-state index in [-0.39, 0.29) is 23.9 Å². The van der Waals surface area contributed by atoms with Gasteiger partial charge in [-0.25, -0.2) is 4.39 Å². The van der Waals surface area contributed by atoms with Crippen LogP contribution in [0.1, 0.15) is 21.9 Å². The van der Waals surface area contributed by atoms with Crippen LogP contribution < -0.4 is 10.1 Å². The molecule has 0 aliphatic carbocycles. The van der Waals surface area contributed by atoms with E-state index in [0.717, 1.165) is 0 Å². The van der Waals surface area contributed by atoms with Crippen LogP contribution in [0.15, 0.2) is 70.0 Å². The smallest absolute Gasteiger partial charge is 0.287 e. The number of halogens is 1. The van der Waals surface area contributed by atoms with Crippen LogP contribution >= 0.6 is 0 Å². The van der Waals surface area contributed by atoms with Crippen molar-refractivity contribution in [2.24, 2.45) is 0 Å². The Hall–Kier alpha value is -2.93. The predicted molar refractivity (Wildman–Crippen MR) is 99.4 cm³/mol. The summed E-state index contributed by atoms with van der Waals surface area (Å²) >= 11 is 0. The lowest BCUT2D eigenvalue weighted by Crippen LogP contribution is -2.22. The second-order valence-electron chi connectivity index (χ2n) is 5.71. The zero-order valence-corrected chi connectivity index (χ0v) is 15.4. The molecule has 1 N–H and O–H groups in total. The van der Waals surface area contributed by atoms with Crippen LogP contribution in [0.2, 0.25) is 0 Å². The maximum atomic E-state index is 13.6. The lowest BCUT2D eigenvalue weighted by Gasteiger charge is -2.05. The number of hydrogen-bond donors (Lipinski definition) is 1. The second-order valence-corrected chi connectivity index (χ2v) is 7.16. The van der Waals surface area contributed by atoms with Crippen molar-refractivity contribution in [2.45, 2.75) is 17.2 Å². The van der Waals surface area contributed by atoms with Gasteiger partial charge in [-0.05, 0) is 42.5 Å². The Morgan fingerprint density at radius 3 is 2.56 bits per heavy atom. The maximum absolute atomic E-state index is 13.6. The number of nitrogens with one attached hydrogen (secondary N) is 1. The molecule has 0 aliphatic rings. The fourth-order valence-electron chi connectivity index (χ4n) is 2.42. The first-order valence-electron chi connectivity index (χ1n) is 8.19. The van der Waals surface area contributed by atoms with E-state index in [9.17, 15) is 13.4 Å². The van der Waals surface area contributed by atoms with Gasteiger partial charge in [0, 0.05) is 17.0 Å². The van der Waals surface area contributed by atoms with Crippen LogP contribution in [0.25, 0.3) is 0 Å². The number of carbonyl (C=O) groups excluding carboxylic acids is 1. The molecule has 5 nitrogen and oxygen atoms in total. The highest BCUT2D eigenvalue weighted by molar-refractivity contribution is 7.84. The quantitative estimate of drug-likeness (QED) is 0.672. The molecule has 1 heterocycles. The molecule has 7 heteroatoms. The van der Waals surface area contributed by atoms with Gasteiger partial charge >= 0.3 is 0 Å². The Bertz CT molecular complexity index is 953. The van der Waals surface area contributed by atoms with Crippen LogP contribution in [-0.2, 0) is 23.1 Å². The minimum atomic E-state index is -1.31. The number of ether oxygens (including phenoxy) is 1. The molecule has 140 valence electrons. The lowest BCUT2D eigenvalue weighted by atomic mass is 10.2. The van der Waals surface area contributed by atoms with Gasteiger partial charge in [0.1, 0.15) is 17.3 Å². The SMILES string of the molecule is COc1ccc([S@](=O)Cc2ccc(C(=O)NCc3ccccc3F)o2)cc1. The molecular formula is C20H18FNO4S. The van der Waals surface area contributed by atoms with Crippen LogP contribution in [0.4, 0.5) is 4.39 Å². The summed E-state index contributed by atoms with van der Waals surface area (Å²) in [4.78, 5) is 12.8. The third kappa shape index (κ3) is 4.83. The van der Waals surface area contributed by atoms with E-state index < -0.39 is 16.7 Å². The van der Waals surface area contributed by atoms with Crippen LogP contribution in [-0.4, -0.2) is 17.2 Å². The first kappa shape index (κ1) is 18.8. The summed E-state index contributed by atoms with van der Waals surface area (Å²) < 4.78 is 36.5. The number of rotatable bonds is 7. The van der Waals surface area contributed by atoms with Crippen LogP contribution in [0, 0.1) is 5.82 Å². The fourth-order valence-corrected chi connectivity index (χ4v) is 3.44. The molecule has 0 saturated carbocycles. The van der Waals surface area contributed by atoms with Gasteiger partial charge < -0.3 is 14.5 Å². The summed E-state index contributed by atoms with van der Waals surface area (Å²) in [6, 6.07) is 16.2. The van der Waals surface area contributed by atoms with Gasteiger partial charge in [-0.2, -0.15) is 0 Å². The monoisotopic (exact) mass is 387 g/mol. The summed E-state index contributed by atoms with van der Waals surface area (Å²) in [5.74, 6) is 0.510. The van der Waals surface area contributed by atoms with E-state index in [0.29, 0.717) is 22.0 Å². The summed E-state index contributed by atoms with van der Waals surface area (Å²) in [5, 5.41) is 2.60. The molecule has 0 aliphatic heterocycles. The molecule has 0 bridgehead atoms. The topological polar surface area (TPSA) is 68.5 Å². The van der Waals surface area contributed by atoms with Crippen molar-refractivity contribution < 1.29 is 22.5 Å². The average Bonchev–Trinajstić information content (AvgIpc) is 3.15. The maximum Gasteiger partial charge on any atom is 0.287 e. The third-order valence-corrected chi connectivity index (χ3v) is 5.22.